The summed E-state index contributed by atoms with van der Waals surface area (Å²) in [6.07, 6.45) is -1.64. The molecule has 1 unspecified atom stereocenters. The summed E-state index contributed by atoms with van der Waals surface area (Å²) in [5, 5.41) is 13.0. The molecule has 3 aromatic rings. The molecular weight excluding hydrogens is 458 g/mol. The van der Waals surface area contributed by atoms with Crippen LogP contribution in [0.3, 0.4) is 0 Å². The van der Waals surface area contributed by atoms with Crippen LogP contribution in [0.1, 0.15) is 35.3 Å². The van der Waals surface area contributed by atoms with Crippen LogP contribution >= 0.6 is 0 Å². The molecule has 0 spiro atoms. The minimum Gasteiger partial charge on any atom is -0.508 e. The lowest BCUT2D eigenvalue weighted by Crippen LogP contribution is -2.36. The third-order valence-corrected chi connectivity index (χ3v) is 6.20. The van der Waals surface area contributed by atoms with Crippen LogP contribution in [0, 0.1) is 0 Å². The maximum absolute atomic E-state index is 13.4. The zero-order valence-electron chi connectivity index (χ0n) is 18.9. The smallest absolute Gasteiger partial charge is 0.407 e. The molecule has 1 atom stereocenters. The van der Waals surface area contributed by atoms with Crippen molar-refractivity contribution < 1.29 is 33.7 Å². The number of ether oxygens (including phenoxy) is 3. The summed E-state index contributed by atoms with van der Waals surface area (Å²) in [6.45, 7) is 1.49. The maximum Gasteiger partial charge on any atom is 0.407 e. The molecule has 180 valence electrons. The molecule has 0 saturated heterocycles. The Hall–Kier alpha value is -4.41. The standard InChI is InChI=1S/C24H21N3O8/c1-3-12-13-6-11(28)4-5-17(13)26-20-15(12)9-27-18(20)7-14-16(22(27)30)10-34-23(31)21(14)35-19(29)8-25-24(32)33-2/h4-7,21,28H,3,8-10H2,1-2H3,(H,25,32). The molecule has 2 aliphatic rings. The number of amides is 1. The highest BCUT2D eigenvalue weighted by atomic mass is 16.6. The Morgan fingerprint density at radius 1 is 1.26 bits per heavy atom. The topological polar surface area (TPSA) is 146 Å². The number of nitrogens with zero attached hydrogens (tertiary/aromatic N) is 2. The number of aromatic hydroxyl groups is 1. The van der Waals surface area contributed by atoms with Gasteiger partial charge in [0.25, 0.3) is 5.56 Å². The van der Waals surface area contributed by atoms with Crippen LogP contribution in [0.25, 0.3) is 22.3 Å². The highest BCUT2D eigenvalue weighted by molar-refractivity contribution is 5.90. The molecule has 2 aromatic heterocycles. The van der Waals surface area contributed by atoms with Crippen LogP contribution in [0.4, 0.5) is 4.79 Å². The lowest BCUT2D eigenvalue weighted by atomic mass is 9.97. The second-order valence-corrected chi connectivity index (χ2v) is 8.15. The average molecular weight is 479 g/mol. The van der Waals surface area contributed by atoms with Crippen molar-refractivity contribution in [1.29, 1.82) is 0 Å². The number of phenols is 1. The molecule has 1 aromatic carbocycles. The van der Waals surface area contributed by atoms with Crippen LogP contribution < -0.4 is 10.9 Å². The van der Waals surface area contributed by atoms with E-state index in [1.165, 1.54) is 0 Å². The summed E-state index contributed by atoms with van der Waals surface area (Å²) in [6, 6.07) is 6.54. The lowest BCUT2D eigenvalue weighted by Gasteiger charge is -2.25. The van der Waals surface area contributed by atoms with E-state index in [-0.39, 0.29) is 35.6 Å². The molecule has 11 heteroatoms. The Morgan fingerprint density at radius 3 is 2.80 bits per heavy atom. The number of aryl methyl sites for hydroxylation is 1. The summed E-state index contributed by atoms with van der Waals surface area (Å²) < 4.78 is 16.4. The van der Waals surface area contributed by atoms with Gasteiger partial charge < -0.3 is 29.2 Å². The number of carbonyl (C=O) groups is 3. The summed E-state index contributed by atoms with van der Waals surface area (Å²) >= 11 is 0. The minimum atomic E-state index is -1.46. The van der Waals surface area contributed by atoms with Crippen molar-refractivity contribution in [3.05, 3.63) is 56.9 Å². The predicted molar refractivity (Wildman–Crippen MR) is 121 cm³/mol. The minimum absolute atomic E-state index is 0.124. The Morgan fingerprint density at radius 2 is 2.06 bits per heavy atom. The van der Waals surface area contributed by atoms with E-state index in [0.717, 1.165) is 23.6 Å². The fourth-order valence-corrected chi connectivity index (χ4v) is 4.59. The number of alkyl carbamates (subject to hydrolysis) is 1. The van der Waals surface area contributed by atoms with Crippen molar-refractivity contribution >= 4 is 28.9 Å². The van der Waals surface area contributed by atoms with Crippen molar-refractivity contribution in [2.24, 2.45) is 0 Å². The van der Waals surface area contributed by atoms with Gasteiger partial charge in [-0.25, -0.2) is 14.6 Å². The number of esters is 2. The van der Waals surface area contributed by atoms with E-state index in [1.54, 1.807) is 28.8 Å². The molecule has 5 rings (SSSR count). The number of hydrogen-bond donors (Lipinski definition) is 2. The monoisotopic (exact) mass is 479 g/mol. The Balaban J connectivity index is 1.60. The number of fused-ring (bicyclic) bond motifs is 5. The van der Waals surface area contributed by atoms with Crippen LogP contribution in [-0.4, -0.2) is 46.3 Å². The van der Waals surface area contributed by atoms with Crippen molar-refractivity contribution in [2.75, 3.05) is 13.7 Å². The van der Waals surface area contributed by atoms with Crippen molar-refractivity contribution in [1.82, 2.24) is 14.9 Å². The van der Waals surface area contributed by atoms with E-state index in [2.05, 4.69) is 10.1 Å². The number of aromatic nitrogens is 2. The molecule has 0 fully saturated rings. The first kappa shape index (κ1) is 22.4. The number of nitrogens with one attached hydrogen (secondary N) is 1. The van der Waals surface area contributed by atoms with E-state index in [0.29, 0.717) is 23.3 Å². The van der Waals surface area contributed by atoms with Crippen LogP contribution in [0.15, 0.2) is 29.1 Å². The van der Waals surface area contributed by atoms with Gasteiger partial charge in [0.1, 0.15) is 18.9 Å². The van der Waals surface area contributed by atoms with E-state index in [9.17, 15) is 24.3 Å². The molecule has 4 heterocycles. The van der Waals surface area contributed by atoms with E-state index < -0.39 is 30.7 Å². The first-order valence-corrected chi connectivity index (χ1v) is 10.9. The maximum atomic E-state index is 13.4. The molecule has 2 aliphatic heterocycles. The van der Waals surface area contributed by atoms with Crippen LogP contribution in [0.2, 0.25) is 0 Å². The molecular formula is C24H21N3O8. The van der Waals surface area contributed by atoms with Gasteiger partial charge in [-0.15, -0.1) is 0 Å². The van der Waals surface area contributed by atoms with E-state index >= 15 is 0 Å². The van der Waals surface area contributed by atoms with Crippen molar-refractivity contribution in [3.8, 4) is 17.1 Å². The van der Waals surface area contributed by atoms with E-state index in [1.807, 2.05) is 6.92 Å². The normalized spacial score (nSPS) is 15.6. The first-order valence-electron chi connectivity index (χ1n) is 10.9. The Bertz CT molecular complexity index is 1480. The third kappa shape index (κ3) is 3.65. The number of benzene rings is 1. The molecule has 0 aliphatic carbocycles. The highest BCUT2D eigenvalue weighted by Crippen LogP contribution is 2.39. The number of methoxy groups -OCH3 is 1. The van der Waals surface area contributed by atoms with Crippen molar-refractivity contribution in [2.45, 2.75) is 32.6 Å². The summed E-state index contributed by atoms with van der Waals surface area (Å²) in [4.78, 5) is 54.1. The summed E-state index contributed by atoms with van der Waals surface area (Å²) in [7, 11) is 1.14. The second-order valence-electron chi connectivity index (χ2n) is 8.15. The molecule has 35 heavy (non-hydrogen) atoms. The lowest BCUT2D eigenvalue weighted by molar-refractivity contribution is -0.171. The fraction of sp³-hybridized carbons (Fsp3) is 0.292. The third-order valence-electron chi connectivity index (χ3n) is 6.20. The molecule has 0 bridgehead atoms. The fourth-order valence-electron chi connectivity index (χ4n) is 4.59. The van der Waals surface area contributed by atoms with Crippen molar-refractivity contribution in [3.63, 3.8) is 0 Å². The molecule has 2 N–H and O–H groups in total. The molecule has 0 saturated carbocycles. The number of pyridine rings is 2. The molecule has 1 amide bonds. The number of rotatable bonds is 4. The van der Waals surface area contributed by atoms with Gasteiger partial charge in [-0.2, -0.15) is 0 Å². The zero-order chi connectivity index (χ0) is 24.9. The average Bonchev–Trinajstić information content (AvgIpc) is 3.21. The predicted octanol–water partition coefficient (Wildman–Crippen LogP) is 1.69. The van der Waals surface area contributed by atoms with Crippen LogP contribution in [-0.2, 0) is 43.4 Å². The molecule has 0 radical (unpaired) electrons. The van der Waals surface area contributed by atoms with Gasteiger partial charge in [0.05, 0.1) is 36.1 Å². The summed E-state index contributed by atoms with van der Waals surface area (Å²) in [5.74, 6) is -1.59. The largest absolute Gasteiger partial charge is 0.508 e. The Kier molecular flexibility index (Phi) is 5.39. The molecule has 11 nitrogen and oxygen atoms in total. The number of cyclic esters (lactones) is 1. The van der Waals surface area contributed by atoms with Gasteiger partial charge in [-0.3, -0.25) is 9.59 Å². The van der Waals surface area contributed by atoms with Gasteiger partial charge in [-0.1, -0.05) is 6.92 Å². The quantitative estimate of drug-likeness (QED) is 0.330. The van der Waals surface area contributed by atoms with E-state index in [4.69, 9.17) is 14.5 Å². The van der Waals surface area contributed by atoms with Gasteiger partial charge in [0.15, 0.2) is 0 Å². The second kappa shape index (κ2) is 8.42. The number of carbonyl (C=O) groups excluding carboxylic acids is 3. The Labute approximate surface area is 198 Å². The van der Waals surface area contributed by atoms with Gasteiger partial charge in [-0.05, 0) is 36.2 Å². The van der Waals surface area contributed by atoms with Gasteiger partial charge >= 0.3 is 18.0 Å². The highest BCUT2D eigenvalue weighted by Gasteiger charge is 2.38. The zero-order valence-corrected chi connectivity index (χ0v) is 18.9. The SMILES string of the molecule is CCc1c2c(nc3ccc(O)cc13)-c1cc3c(c(=O)n1C2)COC(=O)C3OC(=O)CNC(=O)OC. The van der Waals surface area contributed by atoms with Crippen LogP contribution in [0.5, 0.6) is 5.75 Å². The number of phenolic OH excluding ortho intramolecular Hbond substituents is 1. The van der Waals surface area contributed by atoms with Gasteiger partial charge in [0.2, 0.25) is 6.10 Å². The first-order chi connectivity index (χ1) is 16.8. The summed E-state index contributed by atoms with van der Waals surface area (Å²) in [5.41, 5.74) is 3.63. The van der Waals surface area contributed by atoms with Gasteiger partial charge in [0, 0.05) is 16.5 Å². The number of hydrogen-bond acceptors (Lipinski definition) is 9.